The summed E-state index contributed by atoms with van der Waals surface area (Å²) >= 11 is 9.12. The highest BCUT2D eigenvalue weighted by atomic mass is 79.9. The Kier molecular flexibility index (Phi) is 7.45. The number of halogens is 3. The third kappa shape index (κ3) is 5.32. The summed E-state index contributed by atoms with van der Waals surface area (Å²) in [4.78, 5) is 16.6. The molecule has 1 amide bonds. The van der Waals surface area contributed by atoms with Crippen molar-refractivity contribution in [3.8, 4) is 11.8 Å². The molecule has 0 unspecified atom stereocenters. The fourth-order valence-electron chi connectivity index (χ4n) is 2.86. The molecule has 0 aliphatic carbocycles. The van der Waals surface area contributed by atoms with Crippen LogP contribution in [0.1, 0.15) is 12.5 Å². The van der Waals surface area contributed by atoms with E-state index >= 15 is 0 Å². The number of nitrogens with zero attached hydrogens (tertiary/aromatic N) is 2. The molecule has 31 heavy (non-hydrogen) atoms. The number of aromatic nitrogens is 1. The molecule has 0 aliphatic rings. The highest BCUT2D eigenvalue weighted by Gasteiger charge is 2.15. The molecule has 1 aromatic heterocycles. The largest absolute Gasteiger partial charge is 0.492 e. The molecule has 2 aromatic carbocycles. The van der Waals surface area contributed by atoms with Crippen molar-refractivity contribution in [1.82, 2.24) is 4.98 Å². The minimum Gasteiger partial charge on any atom is -0.492 e. The van der Waals surface area contributed by atoms with Crippen LogP contribution < -0.4 is 15.4 Å². The number of carbonyl (C=O) groups excluding carboxylic acids is 1. The van der Waals surface area contributed by atoms with E-state index in [0.29, 0.717) is 45.7 Å². The number of fused-ring (bicyclic) bond motifs is 1. The van der Waals surface area contributed by atoms with Crippen LogP contribution in [0, 0.1) is 17.1 Å². The minimum atomic E-state index is -0.546. The molecule has 158 valence electrons. The first-order valence-corrected chi connectivity index (χ1v) is 10.7. The van der Waals surface area contributed by atoms with Crippen LogP contribution in [-0.4, -0.2) is 22.8 Å². The van der Waals surface area contributed by atoms with Crippen molar-refractivity contribution in [2.45, 2.75) is 6.92 Å². The minimum absolute atomic E-state index is 0.0490. The maximum absolute atomic E-state index is 13.5. The van der Waals surface area contributed by atoms with E-state index < -0.39 is 5.82 Å². The Balaban J connectivity index is 2.14. The molecule has 0 bridgehead atoms. The summed E-state index contributed by atoms with van der Waals surface area (Å²) in [5.41, 5.74) is 2.19. The molecule has 6 nitrogen and oxygen atoms in total. The average Bonchev–Trinajstić information content (AvgIpc) is 2.76. The second-order valence-electron chi connectivity index (χ2n) is 6.26. The lowest BCUT2D eigenvalue weighted by Gasteiger charge is -2.16. The van der Waals surface area contributed by atoms with Gasteiger partial charge in [0, 0.05) is 34.7 Å². The van der Waals surface area contributed by atoms with Gasteiger partial charge in [-0.25, -0.2) is 4.39 Å². The summed E-state index contributed by atoms with van der Waals surface area (Å²) in [6, 6.07) is 9.63. The maximum atomic E-state index is 13.5. The van der Waals surface area contributed by atoms with Crippen LogP contribution >= 0.6 is 27.5 Å². The quantitative estimate of drug-likeness (QED) is 0.308. The van der Waals surface area contributed by atoms with Crippen LogP contribution in [0.2, 0.25) is 5.02 Å². The molecular weight excluding hydrogens is 487 g/mol. The van der Waals surface area contributed by atoms with E-state index in [-0.39, 0.29) is 16.5 Å². The number of carbonyl (C=O) groups is 1. The zero-order chi connectivity index (χ0) is 22.4. The Morgan fingerprint density at radius 2 is 2.19 bits per heavy atom. The standard InChI is InChI=1S/C22H17BrClFN4O2/c1-2-31-20-10-18-15(9-19(20)29-21(30)4-3-7-23)22(13(11-26)12-27-18)28-14-5-6-17(25)16(24)8-14/h3-6,8-10,12H,2,7H2,1H3,(H,27,28)(H,29,30). The second kappa shape index (κ2) is 10.2. The number of nitriles is 1. The van der Waals surface area contributed by atoms with Crippen molar-refractivity contribution < 1.29 is 13.9 Å². The Morgan fingerprint density at radius 1 is 1.39 bits per heavy atom. The molecule has 0 atom stereocenters. The van der Waals surface area contributed by atoms with E-state index in [9.17, 15) is 14.4 Å². The van der Waals surface area contributed by atoms with Crippen molar-refractivity contribution in [3.63, 3.8) is 0 Å². The number of pyridine rings is 1. The maximum Gasteiger partial charge on any atom is 0.248 e. The summed E-state index contributed by atoms with van der Waals surface area (Å²) in [5.74, 6) is -0.428. The van der Waals surface area contributed by atoms with E-state index in [0.717, 1.165) is 0 Å². The number of allylic oxidation sites excluding steroid dienone is 1. The molecule has 2 N–H and O–H groups in total. The topological polar surface area (TPSA) is 87.0 Å². The summed E-state index contributed by atoms with van der Waals surface area (Å²) in [6.07, 6.45) is 4.50. The van der Waals surface area contributed by atoms with Gasteiger partial charge in [-0.3, -0.25) is 9.78 Å². The third-order valence-corrected chi connectivity index (χ3v) is 4.86. The molecule has 0 fully saturated rings. The first-order valence-electron chi connectivity index (χ1n) is 9.22. The summed E-state index contributed by atoms with van der Waals surface area (Å²) in [5, 5.41) is 16.5. The molecule has 0 saturated carbocycles. The number of benzene rings is 2. The van der Waals surface area contributed by atoms with Crippen LogP contribution in [0.4, 0.5) is 21.5 Å². The second-order valence-corrected chi connectivity index (χ2v) is 7.31. The highest BCUT2D eigenvalue weighted by Crippen LogP contribution is 2.36. The van der Waals surface area contributed by atoms with E-state index in [1.807, 2.05) is 6.92 Å². The number of hydrogen-bond donors (Lipinski definition) is 2. The number of alkyl halides is 1. The number of nitrogens with one attached hydrogen (secondary N) is 2. The fraction of sp³-hybridized carbons (Fsp3) is 0.136. The van der Waals surface area contributed by atoms with E-state index in [2.05, 4.69) is 37.6 Å². The Morgan fingerprint density at radius 3 is 2.87 bits per heavy atom. The zero-order valence-electron chi connectivity index (χ0n) is 16.4. The smallest absolute Gasteiger partial charge is 0.248 e. The molecular formula is C22H17BrClFN4O2. The molecule has 3 aromatic rings. The third-order valence-electron chi connectivity index (χ3n) is 4.19. The average molecular weight is 504 g/mol. The zero-order valence-corrected chi connectivity index (χ0v) is 18.7. The van der Waals surface area contributed by atoms with Crippen LogP contribution in [0.3, 0.4) is 0 Å². The Bertz CT molecular complexity index is 1210. The van der Waals surface area contributed by atoms with Crippen LogP contribution in [0.5, 0.6) is 5.75 Å². The molecule has 3 rings (SSSR count). The lowest BCUT2D eigenvalue weighted by molar-refractivity contribution is -0.111. The van der Waals surface area contributed by atoms with E-state index in [1.54, 1.807) is 18.2 Å². The van der Waals surface area contributed by atoms with Crippen molar-refractivity contribution in [2.75, 3.05) is 22.6 Å². The molecule has 0 radical (unpaired) electrons. The number of anilines is 3. The summed E-state index contributed by atoms with van der Waals surface area (Å²) in [6.45, 7) is 2.22. The van der Waals surface area contributed by atoms with Gasteiger partial charge in [-0.15, -0.1) is 0 Å². The molecule has 0 aliphatic heterocycles. The van der Waals surface area contributed by atoms with Crippen LogP contribution in [-0.2, 0) is 4.79 Å². The van der Waals surface area contributed by atoms with Crippen molar-refractivity contribution in [3.05, 3.63) is 65.1 Å². The number of amides is 1. The van der Waals surface area contributed by atoms with Gasteiger partial charge in [0.15, 0.2) is 0 Å². The van der Waals surface area contributed by atoms with E-state index in [4.69, 9.17) is 16.3 Å². The van der Waals surface area contributed by atoms with Gasteiger partial charge in [-0.1, -0.05) is 33.6 Å². The first-order chi connectivity index (χ1) is 15.0. The first kappa shape index (κ1) is 22.5. The van der Waals surface area contributed by atoms with Gasteiger partial charge in [0.25, 0.3) is 0 Å². The molecule has 0 saturated heterocycles. The van der Waals surface area contributed by atoms with Gasteiger partial charge >= 0.3 is 0 Å². The molecule has 9 heteroatoms. The highest BCUT2D eigenvalue weighted by molar-refractivity contribution is 9.09. The van der Waals surface area contributed by atoms with Gasteiger partial charge in [0.05, 0.1) is 34.1 Å². The SMILES string of the molecule is CCOc1cc2ncc(C#N)c(Nc3ccc(F)c(Cl)c3)c2cc1NC(=O)C=CCBr. The fourth-order valence-corrected chi connectivity index (χ4v) is 3.22. The van der Waals surface area contributed by atoms with Crippen LogP contribution in [0.15, 0.2) is 48.7 Å². The molecule has 0 spiro atoms. The van der Waals surface area contributed by atoms with Crippen molar-refractivity contribution in [2.24, 2.45) is 0 Å². The normalized spacial score (nSPS) is 10.8. The summed E-state index contributed by atoms with van der Waals surface area (Å²) in [7, 11) is 0. The predicted octanol–water partition coefficient (Wildman–Crippen LogP) is 5.93. The summed E-state index contributed by atoms with van der Waals surface area (Å²) < 4.78 is 19.2. The van der Waals surface area contributed by atoms with Crippen molar-refractivity contribution in [1.29, 1.82) is 5.26 Å². The van der Waals surface area contributed by atoms with E-state index in [1.165, 1.54) is 30.5 Å². The van der Waals surface area contributed by atoms with Gasteiger partial charge in [-0.2, -0.15) is 5.26 Å². The lowest BCUT2D eigenvalue weighted by atomic mass is 10.1. The van der Waals surface area contributed by atoms with Crippen LogP contribution in [0.25, 0.3) is 10.9 Å². The van der Waals surface area contributed by atoms with Gasteiger partial charge < -0.3 is 15.4 Å². The van der Waals surface area contributed by atoms with Crippen molar-refractivity contribution >= 4 is 61.4 Å². The predicted molar refractivity (Wildman–Crippen MR) is 124 cm³/mol. The number of ether oxygens (including phenoxy) is 1. The lowest BCUT2D eigenvalue weighted by Crippen LogP contribution is -2.10. The molecule has 1 heterocycles. The monoisotopic (exact) mass is 502 g/mol. The number of rotatable bonds is 7. The number of hydrogen-bond acceptors (Lipinski definition) is 5. The van der Waals surface area contributed by atoms with Gasteiger partial charge in [-0.05, 0) is 31.2 Å². The Hall–Kier alpha value is -3.15. The Labute approximate surface area is 191 Å². The van der Waals surface area contributed by atoms with Gasteiger partial charge in [0.2, 0.25) is 5.91 Å². The van der Waals surface area contributed by atoms with Gasteiger partial charge in [0.1, 0.15) is 17.6 Å².